The van der Waals surface area contributed by atoms with Crippen LogP contribution in [0.2, 0.25) is 5.02 Å². The van der Waals surface area contributed by atoms with Gasteiger partial charge in [0.1, 0.15) is 11.5 Å². The van der Waals surface area contributed by atoms with Crippen molar-refractivity contribution in [3.05, 3.63) is 75.7 Å². The summed E-state index contributed by atoms with van der Waals surface area (Å²) in [6.07, 6.45) is 5.95. The van der Waals surface area contributed by atoms with Crippen molar-refractivity contribution in [1.82, 2.24) is 29.2 Å². The number of rotatable bonds is 7. The Balaban J connectivity index is 1.08. The van der Waals surface area contributed by atoms with Crippen molar-refractivity contribution in [2.45, 2.75) is 71.6 Å². The van der Waals surface area contributed by atoms with Crippen LogP contribution >= 0.6 is 11.6 Å². The Morgan fingerprint density at radius 3 is 2.46 bits per heavy atom. The maximum Gasteiger partial charge on any atom is 0.291 e. The summed E-state index contributed by atoms with van der Waals surface area (Å²) in [7, 11) is 5.69. The predicted molar refractivity (Wildman–Crippen MR) is 187 cm³/mol. The third kappa shape index (κ3) is 6.17. The number of carbonyl (C=O) groups is 2. The minimum atomic E-state index is -0.276. The number of halogens is 1. The number of aromatic nitrogens is 3. The normalized spacial score (nSPS) is 19.4. The second-order valence-electron chi connectivity index (χ2n) is 14.0. The van der Waals surface area contributed by atoms with Gasteiger partial charge < -0.3 is 24.1 Å². The molecule has 10 nitrogen and oxygen atoms in total. The number of carbonyl (C=O) groups excluding carboxylic acids is 2. The Labute approximate surface area is 287 Å². The van der Waals surface area contributed by atoms with E-state index in [2.05, 4.69) is 17.1 Å². The molecule has 1 fully saturated rings. The van der Waals surface area contributed by atoms with Gasteiger partial charge in [0.25, 0.3) is 5.91 Å². The van der Waals surface area contributed by atoms with Gasteiger partial charge in [-0.2, -0.15) is 0 Å². The number of hydrogen-bond acceptors (Lipinski definition) is 7. The Morgan fingerprint density at radius 2 is 1.71 bits per heavy atom. The van der Waals surface area contributed by atoms with E-state index in [-0.39, 0.29) is 11.8 Å². The fraction of sp³-hybridized carbons (Fsp3) is 0.459. The molecule has 2 amide bonds. The first kappa shape index (κ1) is 32.6. The first-order valence-corrected chi connectivity index (χ1v) is 17.3. The van der Waals surface area contributed by atoms with E-state index in [1.54, 1.807) is 4.90 Å². The largest absolute Gasteiger partial charge is 0.439 e. The van der Waals surface area contributed by atoms with Gasteiger partial charge in [0, 0.05) is 49.4 Å². The number of benzene rings is 2. The number of oxazole rings is 1. The van der Waals surface area contributed by atoms with E-state index in [9.17, 15) is 9.59 Å². The van der Waals surface area contributed by atoms with Crippen LogP contribution in [0.3, 0.4) is 0 Å². The minimum absolute atomic E-state index is 0.0491. The van der Waals surface area contributed by atoms with Gasteiger partial charge in [0.2, 0.25) is 11.8 Å². The van der Waals surface area contributed by atoms with Gasteiger partial charge >= 0.3 is 0 Å². The van der Waals surface area contributed by atoms with Crippen LogP contribution in [0.1, 0.15) is 71.6 Å². The molecule has 48 heavy (non-hydrogen) atoms. The van der Waals surface area contributed by atoms with Gasteiger partial charge in [-0.3, -0.25) is 14.5 Å². The quantitative estimate of drug-likeness (QED) is 0.247. The predicted octanol–water partition coefficient (Wildman–Crippen LogP) is 6.30. The summed E-state index contributed by atoms with van der Waals surface area (Å²) in [6, 6.07) is 12.2. The van der Waals surface area contributed by atoms with Crippen LogP contribution in [0.25, 0.3) is 22.6 Å². The molecule has 1 aliphatic carbocycles. The zero-order valence-electron chi connectivity index (χ0n) is 28.5. The van der Waals surface area contributed by atoms with E-state index >= 15 is 0 Å². The van der Waals surface area contributed by atoms with Crippen molar-refractivity contribution in [1.29, 1.82) is 0 Å². The molecular weight excluding hydrogens is 626 g/mol. The van der Waals surface area contributed by atoms with Gasteiger partial charge in [0.05, 0.1) is 36.0 Å². The van der Waals surface area contributed by atoms with Crippen LogP contribution in [-0.2, 0) is 37.9 Å². The lowest BCUT2D eigenvalue weighted by atomic mass is 9.86. The SMILES string of the molecule is Cc1c(-c2nc3c(o2)CN(C(=O)CN(C)C)C3)cccc1-c1cccc(NC(=O)c2nc3c(n2C)CCN(C2CCC(C)CC2)C3)c1Cl. The molecule has 252 valence electrons. The van der Waals surface area contributed by atoms with Gasteiger partial charge in [-0.05, 0) is 75.9 Å². The molecule has 0 spiro atoms. The summed E-state index contributed by atoms with van der Waals surface area (Å²) < 4.78 is 8.14. The summed E-state index contributed by atoms with van der Waals surface area (Å²) in [4.78, 5) is 42.0. The number of fused-ring (bicyclic) bond motifs is 2. The average molecular weight is 670 g/mol. The highest BCUT2D eigenvalue weighted by Crippen LogP contribution is 2.39. The van der Waals surface area contributed by atoms with Gasteiger partial charge in [-0.1, -0.05) is 42.8 Å². The molecule has 7 rings (SSSR count). The first-order chi connectivity index (χ1) is 23.1. The highest BCUT2D eigenvalue weighted by Gasteiger charge is 2.32. The van der Waals surface area contributed by atoms with Crippen LogP contribution in [0.5, 0.6) is 0 Å². The van der Waals surface area contributed by atoms with E-state index in [0.29, 0.717) is 48.1 Å². The Morgan fingerprint density at radius 1 is 0.979 bits per heavy atom. The van der Waals surface area contributed by atoms with Crippen LogP contribution in [0.4, 0.5) is 5.69 Å². The zero-order chi connectivity index (χ0) is 33.7. The highest BCUT2D eigenvalue weighted by molar-refractivity contribution is 6.36. The maximum absolute atomic E-state index is 13.6. The van der Waals surface area contributed by atoms with Crippen molar-refractivity contribution in [2.24, 2.45) is 13.0 Å². The first-order valence-electron chi connectivity index (χ1n) is 17.0. The van der Waals surface area contributed by atoms with Crippen molar-refractivity contribution < 1.29 is 14.0 Å². The van der Waals surface area contributed by atoms with Crippen LogP contribution in [-0.4, -0.2) is 74.3 Å². The number of nitrogens with zero attached hydrogens (tertiary/aromatic N) is 6. The number of amides is 2. The number of hydrogen-bond donors (Lipinski definition) is 1. The molecule has 0 saturated heterocycles. The molecule has 1 N–H and O–H groups in total. The zero-order valence-corrected chi connectivity index (χ0v) is 29.2. The van der Waals surface area contributed by atoms with E-state index < -0.39 is 0 Å². The maximum atomic E-state index is 13.6. The Hall–Kier alpha value is -3.99. The van der Waals surface area contributed by atoms with Gasteiger partial charge in [-0.25, -0.2) is 9.97 Å². The van der Waals surface area contributed by atoms with Crippen molar-refractivity contribution in [3.63, 3.8) is 0 Å². The van der Waals surface area contributed by atoms with E-state index in [1.165, 1.54) is 25.7 Å². The lowest BCUT2D eigenvalue weighted by molar-refractivity contribution is -0.132. The average Bonchev–Trinajstić information content (AvgIpc) is 3.74. The third-order valence-corrected chi connectivity index (χ3v) is 10.8. The van der Waals surface area contributed by atoms with Gasteiger partial charge in [0.15, 0.2) is 5.82 Å². The fourth-order valence-electron chi connectivity index (χ4n) is 7.55. The summed E-state index contributed by atoms with van der Waals surface area (Å²) in [5.41, 5.74) is 6.98. The van der Waals surface area contributed by atoms with Crippen molar-refractivity contribution >= 4 is 29.1 Å². The number of nitrogens with one attached hydrogen (secondary N) is 1. The molecule has 2 aromatic heterocycles. The second-order valence-corrected chi connectivity index (χ2v) is 14.4. The van der Waals surface area contributed by atoms with Crippen LogP contribution in [0, 0.1) is 12.8 Å². The molecule has 0 bridgehead atoms. The number of likely N-dealkylation sites (N-methyl/N-ethyl adjacent to an activating group) is 1. The van der Waals surface area contributed by atoms with Crippen molar-refractivity contribution in [2.75, 3.05) is 32.5 Å². The molecule has 1 saturated carbocycles. The second kappa shape index (κ2) is 13.1. The summed E-state index contributed by atoms with van der Waals surface area (Å²) in [6.45, 7) is 7.37. The lowest BCUT2D eigenvalue weighted by Crippen LogP contribution is -2.41. The molecule has 3 aliphatic rings. The standard InChI is InChI=1S/C37H44ClN7O3/c1-22-12-14-24(15-13-22)44-17-16-31-29(18-44)39-35(43(31)5)36(47)40-28-11-7-10-27(34(28)38)25-8-6-9-26(23(25)2)37-41-30-19-45(20-32(30)48-37)33(46)21-42(3)4/h6-11,22,24H,12-21H2,1-5H3,(H,40,47). The van der Waals surface area contributed by atoms with Crippen LogP contribution < -0.4 is 5.32 Å². The highest BCUT2D eigenvalue weighted by atomic mass is 35.5. The molecule has 2 aromatic carbocycles. The molecule has 0 atom stereocenters. The molecule has 4 aromatic rings. The van der Waals surface area contributed by atoms with E-state index in [4.69, 9.17) is 26.0 Å². The molecule has 11 heteroatoms. The fourth-order valence-corrected chi connectivity index (χ4v) is 7.82. The molecule has 4 heterocycles. The summed E-state index contributed by atoms with van der Waals surface area (Å²) in [5.74, 6) is 2.23. The minimum Gasteiger partial charge on any atom is -0.439 e. The molecule has 0 unspecified atom stereocenters. The van der Waals surface area contributed by atoms with Crippen molar-refractivity contribution in [3.8, 4) is 22.6 Å². The summed E-state index contributed by atoms with van der Waals surface area (Å²) >= 11 is 7.02. The lowest BCUT2D eigenvalue weighted by Gasteiger charge is -2.38. The Bertz CT molecular complexity index is 1850. The van der Waals surface area contributed by atoms with Crippen LogP contribution in [0.15, 0.2) is 40.8 Å². The monoisotopic (exact) mass is 669 g/mol. The smallest absolute Gasteiger partial charge is 0.291 e. The van der Waals surface area contributed by atoms with E-state index in [0.717, 1.165) is 70.5 Å². The molecular formula is C37H44ClN7O3. The molecule has 0 radical (unpaired) electrons. The third-order valence-electron chi connectivity index (χ3n) is 10.3. The summed E-state index contributed by atoms with van der Waals surface area (Å²) in [5, 5.41) is 3.50. The number of anilines is 1. The van der Waals surface area contributed by atoms with Gasteiger partial charge in [-0.15, -0.1) is 0 Å². The molecule has 2 aliphatic heterocycles. The van der Waals surface area contributed by atoms with E-state index in [1.807, 2.05) is 73.9 Å². The number of imidazole rings is 1. The topological polar surface area (TPSA) is 99.7 Å². The Kier molecular flexibility index (Phi) is 8.91.